The predicted molar refractivity (Wildman–Crippen MR) is 145 cm³/mol. The number of aromatic carboxylic acids is 1. The van der Waals surface area contributed by atoms with Gasteiger partial charge >= 0.3 is 5.97 Å². The molecule has 7 nitrogen and oxygen atoms in total. The molecule has 8 heteroatoms. The summed E-state index contributed by atoms with van der Waals surface area (Å²) in [4.78, 5) is 26.3. The molecule has 0 fully saturated rings. The van der Waals surface area contributed by atoms with E-state index < -0.39 is 17.7 Å². The summed E-state index contributed by atoms with van der Waals surface area (Å²) in [6, 6.07) is 22.8. The number of anilines is 3. The van der Waals surface area contributed by atoms with Gasteiger partial charge in [-0.05, 0) is 66.1 Å². The summed E-state index contributed by atoms with van der Waals surface area (Å²) in [5.41, 5.74) is 6.52. The van der Waals surface area contributed by atoms with Gasteiger partial charge in [0, 0.05) is 16.8 Å². The van der Waals surface area contributed by atoms with Crippen molar-refractivity contribution in [1.29, 1.82) is 0 Å². The second kappa shape index (κ2) is 10.2. The van der Waals surface area contributed by atoms with Crippen LogP contribution < -0.4 is 10.3 Å². The number of fused-ring (bicyclic) bond motifs is 1. The van der Waals surface area contributed by atoms with Crippen LogP contribution in [-0.4, -0.2) is 27.8 Å². The maximum atomic E-state index is 14.2. The molecule has 190 valence electrons. The second-order valence-electron chi connectivity index (χ2n) is 8.88. The number of hydrazone groups is 1. The van der Waals surface area contributed by atoms with Gasteiger partial charge in [-0.1, -0.05) is 49.7 Å². The van der Waals surface area contributed by atoms with Gasteiger partial charge < -0.3 is 10.2 Å². The van der Waals surface area contributed by atoms with E-state index in [9.17, 15) is 24.2 Å². The van der Waals surface area contributed by atoms with Gasteiger partial charge in [0.1, 0.15) is 11.6 Å². The molecule has 0 saturated carbocycles. The van der Waals surface area contributed by atoms with Crippen LogP contribution in [0.25, 0.3) is 11.1 Å². The first-order valence-corrected chi connectivity index (χ1v) is 12.1. The predicted octanol–water partition coefficient (Wildman–Crippen LogP) is 6.34. The van der Waals surface area contributed by atoms with Crippen molar-refractivity contribution in [3.63, 3.8) is 0 Å². The number of aromatic hydroxyl groups is 1. The van der Waals surface area contributed by atoms with Crippen molar-refractivity contribution in [2.75, 3.05) is 10.3 Å². The molecule has 0 aromatic heterocycles. The molecule has 0 atom stereocenters. The molecule has 4 aromatic rings. The summed E-state index contributed by atoms with van der Waals surface area (Å²) >= 11 is 0. The number of carboxylic acids is 1. The highest BCUT2D eigenvalue weighted by atomic mass is 19.1. The monoisotopic (exact) mass is 509 g/mol. The van der Waals surface area contributed by atoms with E-state index in [1.54, 1.807) is 36.4 Å². The summed E-state index contributed by atoms with van der Waals surface area (Å²) in [6.45, 7) is 2.10. The highest BCUT2D eigenvalue weighted by molar-refractivity contribution is 6.55. The minimum absolute atomic E-state index is 0.00480. The lowest BCUT2D eigenvalue weighted by atomic mass is 10.0. The van der Waals surface area contributed by atoms with E-state index >= 15 is 0 Å². The largest absolute Gasteiger partial charge is 0.505 e. The first kappa shape index (κ1) is 24.7. The van der Waals surface area contributed by atoms with E-state index in [0.29, 0.717) is 28.1 Å². The van der Waals surface area contributed by atoms with Gasteiger partial charge in [0.25, 0.3) is 5.91 Å². The van der Waals surface area contributed by atoms with Crippen LogP contribution in [0.15, 0.2) is 90.0 Å². The van der Waals surface area contributed by atoms with Gasteiger partial charge in [-0.25, -0.2) is 9.18 Å². The molecule has 38 heavy (non-hydrogen) atoms. The van der Waals surface area contributed by atoms with Crippen molar-refractivity contribution < 1.29 is 24.2 Å². The topological polar surface area (TPSA) is 102 Å². The molecule has 0 aliphatic carbocycles. The van der Waals surface area contributed by atoms with Gasteiger partial charge in [-0.3, -0.25) is 15.1 Å². The van der Waals surface area contributed by atoms with Crippen molar-refractivity contribution in [2.45, 2.75) is 19.8 Å². The summed E-state index contributed by atoms with van der Waals surface area (Å²) < 4.78 is 14.2. The number of nitrogens with zero attached hydrogens (tertiary/aromatic N) is 2. The number of hydrogen-bond acceptors (Lipinski definition) is 5. The van der Waals surface area contributed by atoms with E-state index in [2.05, 4.69) is 17.5 Å². The molecule has 1 heterocycles. The van der Waals surface area contributed by atoms with Crippen molar-refractivity contribution in [3.05, 3.63) is 107 Å². The molecule has 0 saturated heterocycles. The summed E-state index contributed by atoms with van der Waals surface area (Å²) in [7, 11) is 0. The van der Waals surface area contributed by atoms with E-state index in [-0.39, 0.29) is 22.7 Å². The van der Waals surface area contributed by atoms with Crippen LogP contribution in [-0.2, 0) is 11.2 Å². The van der Waals surface area contributed by atoms with Gasteiger partial charge in [0.15, 0.2) is 5.71 Å². The lowest BCUT2D eigenvalue weighted by Gasteiger charge is -2.17. The standard InChI is InChI=1S/C30H24FN3O4/c1-2-5-18-10-13-22(14-11-18)34-26-15-12-21(31)17-24(26)27(29(34)36)33-32-25-9-4-8-23(28(25)35)19-6-3-7-20(16-19)30(37)38/h3-4,6-17,32,35H,2,5H2,1H3,(H,37,38)/b33-27-. The van der Waals surface area contributed by atoms with Crippen LogP contribution in [0.1, 0.15) is 34.8 Å². The van der Waals surface area contributed by atoms with Gasteiger partial charge in [0.2, 0.25) is 0 Å². The summed E-state index contributed by atoms with van der Waals surface area (Å²) in [6.07, 6.45) is 1.93. The third kappa shape index (κ3) is 4.59. The highest BCUT2D eigenvalue weighted by Gasteiger charge is 2.35. The fourth-order valence-corrected chi connectivity index (χ4v) is 4.49. The first-order chi connectivity index (χ1) is 18.4. The zero-order valence-electron chi connectivity index (χ0n) is 20.5. The Morgan fingerprint density at radius 1 is 0.974 bits per heavy atom. The smallest absolute Gasteiger partial charge is 0.335 e. The number of nitrogens with one attached hydrogen (secondary N) is 1. The molecular weight excluding hydrogens is 485 g/mol. The van der Waals surface area contributed by atoms with Gasteiger partial charge in [0.05, 0.1) is 16.9 Å². The van der Waals surface area contributed by atoms with Crippen LogP contribution in [0.4, 0.5) is 21.5 Å². The molecule has 0 radical (unpaired) electrons. The quantitative estimate of drug-likeness (QED) is 0.199. The van der Waals surface area contributed by atoms with Crippen LogP contribution in [0.2, 0.25) is 0 Å². The number of phenolic OH excluding ortho intramolecular Hbond substituents is 1. The number of benzene rings is 4. The number of rotatable bonds is 7. The zero-order valence-corrected chi connectivity index (χ0v) is 20.5. The first-order valence-electron chi connectivity index (χ1n) is 12.1. The number of aryl methyl sites for hydroxylation is 1. The fraction of sp³-hybridized carbons (Fsp3) is 0.100. The van der Waals surface area contributed by atoms with Crippen molar-refractivity contribution >= 4 is 34.7 Å². The van der Waals surface area contributed by atoms with E-state index in [1.807, 2.05) is 24.3 Å². The number of carbonyl (C=O) groups is 2. The SMILES string of the molecule is CCCc1ccc(N2C(=O)/C(=N\Nc3cccc(-c4cccc(C(=O)O)c4)c3O)c3cc(F)ccc32)cc1. The molecular formula is C30H24FN3O4. The normalized spacial score (nSPS) is 13.6. The Kier molecular flexibility index (Phi) is 6.62. The number of para-hydroxylation sites is 1. The van der Waals surface area contributed by atoms with E-state index in [1.165, 1.54) is 29.2 Å². The number of amides is 1. The summed E-state index contributed by atoms with van der Waals surface area (Å²) in [5, 5.41) is 24.5. The molecule has 5 rings (SSSR count). The minimum Gasteiger partial charge on any atom is -0.505 e. The lowest BCUT2D eigenvalue weighted by molar-refractivity contribution is -0.111. The third-order valence-electron chi connectivity index (χ3n) is 6.34. The minimum atomic E-state index is -1.08. The highest BCUT2D eigenvalue weighted by Crippen LogP contribution is 2.38. The maximum absolute atomic E-state index is 14.2. The number of carboxylic acid groups (broad SMARTS) is 1. The van der Waals surface area contributed by atoms with Crippen LogP contribution in [0.5, 0.6) is 5.75 Å². The maximum Gasteiger partial charge on any atom is 0.335 e. The number of phenols is 1. The molecule has 0 spiro atoms. The Bertz CT molecular complexity index is 1580. The van der Waals surface area contributed by atoms with Crippen molar-refractivity contribution in [3.8, 4) is 16.9 Å². The Morgan fingerprint density at radius 3 is 2.47 bits per heavy atom. The lowest BCUT2D eigenvalue weighted by Crippen LogP contribution is -2.26. The molecule has 1 amide bonds. The van der Waals surface area contributed by atoms with Crippen molar-refractivity contribution in [2.24, 2.45) is 5.10 Å². The number of hydrogen-bond donors (Lipinski definition) is 3. The zero-order chi connectivity index (χ0) is 26.8. The third-order valence-corrected chi connectivity index (χ3v) is 6.34. The molecule has 4 aromatic carbocycles. The van der Waals surface area contributed by atoms with Gasteiger partial charge in [-0.2, -0.15) is 5.10 Å². The number of carbonyl (C=O) groups excluding carboxylic acids is 1. The molecule has 1 aliphatic rings. The average molecular weight is 510 g/mol. The fourth-order valence-electron chi connectivity index (χ4n) is 4.49. The van der Waals surface area contributed by atoms with Crippen molar-refractivity contribution in [1.82, 2.24) is 0 Å². The van der Waals surface area contributed by atoms with E-state index in [4.69, 9.17) is 0 Å². The molecule has 0 bridgehead atoms. The molecule has 1 aliphatic heterocycles. The Morgan fingerprint density at radius 2 is 1.74 bits per heavy atom. The number of halogens is 1. The Hall–Kier alpha value is -4.98. The van der Waals surface area contributed by atoms with E-state index in [0.717, 1.165) is 18.4 Å². The van der Waals surface area contributed by atoms with Crippen LogP contribution >= 0.6 is 0 Å². The Balaban J connectivity index is 1.50. The van der Waals surface area contributed by atoms with Crippen LogP contribution in [0, 0.1) is 5.82 Å². The Labute approximate surface area is 218 Å². The van der Waals surface area contributed by atoms with Crippen LogP contribution in [0.3, 0.4) is 0 Å². The second-order valence-corrected chi connectivity index (χ2v) is 8.88. The molecule has 0 unspecified atom stereocenters. The molecule has 3 N–H and O–H groups in total. The van der Waals surface area contributed by atoms with Gasteiger partial charge in [-0.15, -0.1) is 0 Å². The summed E-state index contributed by atoms with van der Waals surface area (Å²) in [5.74, 6) is -2.20. The average Bonchev–Trinajstić information content (AvgIpc) is 3.19.